The second-order valence-corrected chi connectivity index (χ2v) is 11.7. The summed E-state index contributed by atoms with van der Waals surface area (Å²) in [7, 11) is 0. The third-order valence-electron chi connectivity index (χ3n) is 6.76. The Morgan fingerprint density at radius 3 is 2.50 bits per heavy atom. The number of hydrogen-bond donors (Lipinski definition) is 3. The monoisotopic (exact) mass is 541 g/mol. The van der Waals surface area contributed by atoms with Crippen LogP contribution in [0, 0.1) is 6.92 Å². The van der Waals surface area contributed by atoms with Crippen LogP contribution >= 0.6 is 11.8 Å². The van der Waals surface area contributed by atoms with Crippen molar-refractivity contribution >= 4 is 29.7 Å². The molecule has 2 aromatic rings. The zero-order valence-electron chi connectivity index (χ0n) is 22.6. The van der Waals surface area contributed by atoms with Gasteiger partial charge in [0.15, 0.2) is 6.10 Å². The number of amides is 3. The molecule has 0 saturated carbocycles. The van der Waals surface area contributed by atoms with Crippen molar-refractivity contribution in [2.45, 2.75) is 76.4 Å². The smallest absolute Gasteiger partial charge is 0.407 e. The average Bonchev–Trinajstić information content (AvgIpc) is 3.22. The van der Waals surface area contributed by atoms with Crippen LogP contribution in [0.5, 0.6) is 0 Å². The van der Waals surface area contributed by atoms with Gasteiger partial charge in [0.05, 0.1) is 18.5 Å². The highest BCUT2D eigenvalue weighted by Crippen LogP contribution is 2.40. The number of aliphatic hydroxyl groups is 1. The molecule has 1 aliphatic rings. The van der Waals surface area contributed by atoms with Crippen molar-refractivity contribution in [2.24, 2.45) is 0 Å². The molecule has 206 valence electrons. The number of nitrogens with one attached hydrogen (secondary N) is 2. The first-order chi connectivity index (χ1) is 18.1. The van der Waals surface area contributed by atoms with Gasteiger partial charge in [0.1, 0.15) is 6.04 Å². The molecule has 1 fully saturated rings. The van der Waals surface area contributed by atoms with Gasteiger partial charge in [-0.25, -0.2) is 4.79 Å². The molecule has 0 spiro atoms. The number of benzene rings is 2. The SMILES string of the molecule is CCCCOC(=O)N[C@@H](Cc1ccccc1)[C@H](O)C(=O)N1CSC(C)(C)[C@H]1C(=O)NCc1ccccc1C. The Morgan fingerprint density at radius 1 is 1.13 bits per heavy atom. The molecule has 0 aromatic heterocycles. The molecule has 3 amide bonds. The first-order valence-corrected chi connectivity index (χ1v) is 14.0. The highest BCUT2D eigenvalue weighted by atomic mass is 32.2. The van der Waals surface area contributed by atoms with E-state index < -0.39 is 34.9 Å². The fourth-order valence-corrected chi connectivity index (χ4v) is 5.59. The summed E-state index contributed by atoms with van der Waals surface area (Å²) < 4.78 is 4.66. The standard InChI is InChI=1S/C29H39N3O5S/c1-5-6-16-37-28(36)31-23(17-21-13-8-7-9-14-21)24(33)27(35)32-19-38-29(3,4)25(32)26(34)30-18-22-15-11-10-12-20(22)2/h7-15,23-25,33H,5-6,16-19H2,1-4H3,(H,30,34)(H,31,36)/t23-,24-,25+/m0/s1. The number of aryl methyl sites for hydroxylation is 1. The number of nitrogens with zero attached hydrogens (tertiary/aromatic N) is 1. The predicted molar refractivity (Wildman–Crippen MR) is 150 cm³/mol. The largest absolute Gasteiger partial charge is 0.450 e. The quantitative estimate of drug-likeness (QED) is 0.374. The normalized spacial score (nSPS) is 17.9. The molecule has 0 aliphatic carbocycles. The van der Waals surface area contributed by atoms with Gasteiger partial charge < -0.3 is 25.4 Å². The highest BCUT2D eigenvalue weighted by molar-refractivity contribution is 8.00. The predicted octanol–water partition coefficient (Wildman–Crippen LogP) is 3.79. The number of carbonyl (C=O) groups is 3. The van der Waals surface area contributed by atoms with E-state index in [1.165, 1.54) is 16.7 Å². The third-order valence-corrected chi connectivity index (χ3v) is 8.13. The van der Waals surface area contributed by atoms with Gasteiger partial charge in [-0.3, -0.25) is 9.59 Å². The van der Waals surface area contributed by atoms with E-state index in [-0.39, 0.29) is 24.8 Å². The molecule has 1 aliphatic heterocycles. The van der Waals surface area contributed by atoms with E-state index in [1.54, 1.807) is 0 Å². The summed E-state index contributed by atoms with van der Waals surface area (Å²) in [6, 6.07) is 15.4. The molecule has 2 aromatic carbocycles. The lowest BCUT2D eigenvalue weighted by atomic mass is 9.97. The first-order valence-electron chi connectivity index (χ1n) is 13.1. The fraction of sp³-hybridized carbons (Fsp3) is 0.483. The van der Waals surface area contributed by atoms with Crippen molar-refractivity contribution in [1.29, 1.82) is 0 Å². The number of carbonyl (C=O) groups excluding carboxylic acids is 3. The Balaban J connectivity index is 1.76. The fourth-order valence-electron chi connectivity index (χ4n) is 4.45. The van der Waals surface area contributed by atoms with E-state index in [1.807, 2.05) is 82.3 Å². The van der Waals surface area contributed by atoms with Crippen LogP contribution < -0.4 is 10.6 Å². The van der Waals surface area contributed by atoms with E-state index in [4.69, 9.17) is 4.74 Å². The summed E-state index contributed by atoms with van der Waals surface area (Å²) in [6.45, 7) is 8.40. The zero-order chi connectivity index (χ0) is 27.7. The van der Waals surface area contributed by atoms with Gasteiger partial charge in [-0.2, -0.15) is 0 Å². The molecule has 1 heterocycles. The lowest BCUT2D eigenvalue weighted by Crippen LogP contribution is -2.58. The minimum atomic E-state index is -1.56. The summed E-state index contributed by atoms with van der Waals surface area (Å²) in [4.78, 5) is 40.9. The average molecular weight is 542 g/mol. The van der Waals surface area contributed by atoms with Gasteiger partial charge in [-0.1, -0.05) is 67.9 Å². The number of rotatable bonds is 11. The molecule has 0 unspecified atom stereocenters. The number of hydrogen-bond acceptors (Lipinski definition) is 6. The molecule has 0 radical (unpaired) electrons. The van der Waals surface area contributed by atoms with E-state index in [2.05, 4.69) is 10.6 Å². The summed E-state index contributed by atoms with van der Waals surface area (Å²) in [6.07, 6.45) is -0.426. The minimum Gasteiger partial charge on any atom is -0.450 e. The summed E-state index contributed by atoms with van der Waals surface area (Å²) in [5.41, 5.74) is 2.91. The summed E-state index contributed by atoms with van der Waals surface area (Å²) in [5, 5.41) is 16.9. The lowest BCUT2D eigenvalue weighted by Gasteiger charge is -2.33. The van der Waals surface area contributed by atoms with Gasteiger partial charge in [0, 0.05) is 11.3 Å². The molecule has 1 saturated heterocycles. The number of aliphatic hydroxyl groups excluding tert-OH is 1. The lowest BCUT2D eigenvalue weighted by molar-refractivity contribution is -0.147. The van der Waals surface area contributed by atoms with Crippen molar-refractivity contribution in [3.8, 4) is 0 Å². The van der Waals surface area contributed by atoms with Crippen LogP contribution in [-0.4, -0.2) is 63.3 Å². The summed E-state index contributed by atoms with van der Waals surface area (Å²) >= 11 is 1.48. The van der Waals surface area contributed by atoms with Crippen LogP contribution in [0.15, 0.2) is 54.6 Å². The molecule has 3 N–H and O–H groups in total. The maximum absolute atomic E-state index is 13.6. The number of thioether (sulfide) groups is 1. The molecule has 3 atom stereocenters. The maximum atomic E-state index is 13.6. The van der Waals surface area contributed by atoms with Crippen LogP contribution in [0.1, 0.15) is 50.3 Å². The van der Waals surface area contributed by atoms with Crippen molar-refractivity contribution in [2.75, 3.05) is 12.5 Å². The number of unbranched alkanes of at least 4 members (excludes halogenated alkanes) is 1. The Bertz CT molecular complexity index is 1090. The Hall–Kier alpha value is -3.04. The maximum Gasteiger partial charge on any atom is 0.407 e. The molecule has 9 heteroatoms. The highest BCUT2D eigenvalue weighted by Gasteiger charge is 2.49. The van der Waals surface area contributed by atoms with Crippen molar-refractivity contribution < 1.29 is 24.2 Å². The van der Waals surface area contributed by atoms with Crippen LogP contribution in [0.4, 0.5) is 4.79 Å². The van der Waals surface area contributed by atoms with E-state index in [0.717, 1.165) is 29.5 Å². The van der Waals surface area contributed by atoms with Gasteiger partial charge in [0.2, 0.25) is 5.91 Å². The van der Waals surface area contributed by atoms with E-state index in [0.29, 0.717) is 6.54 Å². The third kappa shape index (κ3) is 7.74. The van der Waals surface area contributed by atoms with E-state index >= 15 is 0 Å². The zero-order valence-corrected chi connectivity index (χ0v) is 23.4. The van der Waals surface area contributed by atoms with Crippen molar-refractivity contribution in [3.63, 3.8) is 0 Å². The number of ether oxygens (including phenoxy) is 1. The Kier molecular flexibility index (Phi) is 10.6. The van der Waals surface area contributed by atoms with Crippen LogP contribution in [0.2, 0.25) is 0 Å². The first kappa shape index (κ1) is 29.5. The van der Waals surface area contributed by atoms with Crippen molar-refractivity contribution in [1.82, 2.24) is 15.5 Å². The van der Waals surface area contributed by atoms with Crippen molar-refractivity contribution in [3.05, 3.63) is 71.3 Å². The molecule has 3 rings (SSSR count). The topological polar surface area (TPSA) is 108 Å². The Morgan fingerprint density at radius 2 is 1.82 bits per heavy atom. The molecule has 0 bridgehead atoms. The molecular formula is C29H39N3O5S. The molecular weight excluding hydrogens is 502 g/mol. The Labute approximate surface area is 229 Å². The second kappa shape index (κ2) is 13.7. The van der Waals surface area contributed by atoms with Crippen LogP contribution in [0.25, 0.3) is 0 Å². The van der Waals surface area contributed by atoms with Gasteiger partial charge in [-0.05, 0) is 50.3 Å². The molecule has 38 heavy (non-hydrogen) atoms. The minimum absolute atomic E-state index is 0.227. The van der Waals surface area contributed by atoms with Gasteiger partial charge in [0.25, 0.3) is 5.91 Å². The van der Waals surface area contributed by atoms with Crippen LogP contribution in [0.3, 0.4) is 0 Å². The molecule has 8 nitrogen and oxygen atoms in total. The number of alkyl carbamates (subject to hydrolysis) is 1. The van der Waals surface area contributed by atoms with Crippen LogP contribution in [-0.2, 0) is 27.3 Å². The van der Waals surface area contributed by atoms with E-state index in [9.17, 15) is 19.5 Å². The van der Waals surface area contributed by atoms with Gasteiger partial charge in [-0.15, -0.1) is 11.8 Å². The second-order valence-electron chi connectivity index (χ2n) is 10.1. The van der Waals surface area contributed by atoms with Gasteiger partial charge >= 0.3 is 6.09 Å². The summed E-state index contributed by atoms with van der Waals surface area (Å²) in [5.74, 6) is -0.631.